The van der Waals surface area contributed by atoms with Gasteiger partial charge in [-0.1, -0.05) is 67.5 Å². The summed E-state index contributed by atoms with van der Waals surface area (Å²) in [6.45, 7) is 17.2. The van der Waals surface area contributed by atoms with Crippen molar-refractivity contribution in [1.29, 1.82) is 0 Å². The molecule has 94 valence electrons. The summed E-state index contributed by atoms with van der Waals surface area (Å²) in [6.07, 6.45) is 4.48. The van der Waals surface area contributed by atoms with Gasteiger partial charge in [0.25, 0.3) is 0 Å². The quantitative estimate of drug-likeness (QED) is 0.447. The highest BCUT2D eigenvalue weighted by Gasteiger charge is 1.85. The van der Waals surface area contributed by atoms with Crippen molar-refractivity contribution in [2.75, 3.05) is 0 Å². The first-order valence-corrected chi connectivity index (χ1v) is 6.45. The molecule has 0 atom stereocenters. The van der Waals surface area contributed by atoms with E-state index in [2.05, 4.69) is 79.4 Å². The van der Waals surface area contributed by atoms with E-state index in [1.165, 1.54) is 0 Å². The molecule has 0 aliphatic rings. The molecule has 0 heteroatoms. The SMILES string of the molecule is CC(C)/C=C/C(C)C.CC(C)C#CC(C)C. The summed E-state index contributed by atoms with van der Waals surface area (Å²) in [5, 5.41) is 0. The van der Waals surface area contributed by atoms with E-state index in [9.17, 15) is 0 Å². The Hall–Kier alpha value is -0.700. The lowest BCUT2D eigenvalue weighted by atomic mass is 10.1. The Labute approximate surface area is 104 Å². The average Bonchev–Trinajstić information content (AvgIpc) is 2.12. The van der Waals surface area contributed by atoms with E-state index >= 15 is 0 Å². The van der Waals surface area contributed by atoms with Crippen molar-refractivity contribution in [1.82, 2.24) is 0 Å². The van der Waals surface area contributed by atoms with Crippen molar-refractivity contribution in [3.8, 4) is 11.8 Å². The van der Waals surface area contributed by atoms with E-state index in [-0.39, 0.29) is 0 Å². The number of hydrogen-bond donors (Lipinski definition) is 0. The predicted octanol–water partition coefficient (Wildman–Crippen LogP) is 5.16. The topological polar surface area (TPSA) is 0 Å². The van der Waals surface area contributed by atoms with E-state index in [0.29, 0.717) is 23.7 Å². The van der Waals surface area contributed by atoms with Crippen molar-refractivity contribution in [3.05, 3.63) is 12.2 Å². The minimum Gasteiger partial charge on any atom is -0.100 e. The first-order valence-electron chi connectivity index (χ1n) is 6.45. The predicted molar refractivity (Wildman–Crippen MR) is 76.3 cm³/mol. The van der Waals surface area contributed by atoms with Crippen LogP contribution in [-0.2, 0) is 0 Å². The van der Waals surface area contributed by atoms with Crippen molar-refractivity contribution in [3.63, 3.8) is 0 Å². The van der Waals surface area contributed by atoms with Crippen LogP contribution in [0.4, 0.5) is 0 Å². The Morgan fingerprint density at radius 2 is 0.812 bits per heavy atom. The zero-order valence-corrected chi connectivity index (χ0v) is 12.5. The fourth-order valence-electron chi connectivity index (χ4n) is 0.778. The van der Waals surface area contributed by atoms with Gasteiger partial charge in [0, 0.05) is 11.8 Å². The van der Waals surface area contributed by atoms with Crippen molar-refractivity contribution in [2.24, 2.45) is 23.7 Å². The Morgan fingerprint density at radius 3 is 0.938 bits per heavy atom. The van der Waals surface area contributed by atoms with Crippen LogP contribution < -0.4 is 0 Å². The molecular weight excluding hydrogens is 192 g/mol. The van der Waals surface area contributed by atoms with Crippen LogP contribution in [-0.4, -0.2) is 0 Å². The molecule has 0 nitrogen and oxygen atoms in total. The molecule has 0 rings (SSSR count). The maximum atomic E-state index is 3.09. The van der Waals surface area contributed by atoms with Crippen LogP contribution in [0.5, 0.6) is 0 Å². The fourth-order valence-corrected chi connectivity index (χ4v) is 0.778. The molecule has 0 aromatic rings. The third-order valence-electron chi connectivity index (χ3n) is 1.54. The Morgan fingerprint density at radius 1 is 0.562 bits per heavy atom. The monoisotopic (exact) mass is 222 g/mol. The number of hydrogen-bond acceptors (Lipinski definition) is 0. The van der Waals surface area contributed by atoms with E-state index in [1.807, 2.05) is 0 Å². The molecule has 0 aromatic carbocycles. The molecule has 0 aliphatic carbocycles. The smallest absolute Gasteiger partial charge is 0.0146 e. The molecular formula is C16H30. The van der Waals surface area contributed by atoms with Crippen LogP contribution in [0, 0.1) is 35.5 Å². The zero-order chi connectivity index (χ0) is 13.1. The summed E-state index contributed by atoms with van der Waals surface area (Å²) < 4.78 is 0. The maximum Gasteiger partial charge on any atom is 0.0146 e. The van der Waals surface area contributed by atoms with Crippen LogP contribution in [0.15, 0.2) is 12.2 Å². The molecule has 0 heterocycles. The molecule has 0 aromatic heterocycles. The minimum absolute atomic E-state index is 0.525. The van der Waals surface area contributed by atoms with Gasteiger partial charge in [-0.15, -0.1) is 11.8 Å². The van der Waals surface area contributed by atoms with Crippen LogP contribution in [0.25, 0.3) is 0 Å². The van der Waals surface area contributed by atoms with Gasteiger partial charge in [-0.2, -0.15) is 0 Å². The van der Waals surface area contributed by atoms with E-state index in [4.69, 9.17) is 0 Å². The van der Waals surface area contributed by atoms with Crippen molar-refractivity contribution >= 4 is 0 Å². The minimum atomic E-state index is 0.525. The van der Waals surface area contributed by atoms with E-state index < -0.39 is 0 Å². The van der Waals surface area contributed by atoms with Crippen molar-refractivity contribution < 1.29 is 0 Å². The van der Waals surface area contributed by atoms with Crippen LogP contribution in [0.2, 0.25) is 0 Å². The third kappa shape index (κ3) is 23.3. The van der Waals surface area contributed by atoms with Gasteiger partial charge < -0.3 is 0 Å². The zero-order valence-electron chi connectivity index (χ0n) is 12.5. The summed E-state index contributed by atoms with van der Waals surface area (Å²) >= 11 is 0. The first-order chi connectivity index (χ1) is 7.25. The lowest BCUT2D eigenvalue weighted by molar-refractivity contribution is 0.780. The summed E-state index contributed by atoms with van der Waals surface area (Å²) in [4.78, 5) is 0. The molecule has 0 saturated carbocycles. The molecule has 0 aliphatic heterocycles. The Balaban J connectivity index is 0. The van der Waals surface area contributed by atoms with Gasteiger partial charge in [-0.3, -0.25) is 0 Å². The van der Waals surface area contributed by atoms with Gasteiger partial charge in [-0.05, 0) is 11.8 Å². The molecule has 0 fully saturated rings. The summed E-state index contributed by atoms with van der Waals surface area (Å²) in [6, 6.07) is 0. The highest BCUT2D eigenvalue weighted by molar-refractivity contribution is 5.03. The second-order valence-electron chi connectivity index (χ2n) is 5.47. The van der Waals surface area contributed by atoms with Gasteiger partial charge >= 0.3 is 0 Å². The third-order valence-corrected chi connectivity index (χ3v) is 1.54. The summed E-state index contributed by atoms with van der Waals surface area (Å²) in [5.74, 6) is 8.65. The van der Waals surface area contributed by atoms with Gasteiger partial charge in [-0.25, -0.2) is 0 Å². The highest BCUT2D eigenvalue weighted by atomic mass is 13.9. The number of rotatable bonds is 2. The van der Waals surface area contributed by atoms with Gasteiger partial charge in [0.15, 0.2) is 0 Å². The van der Waals surface area contributed by atoms with Gasteiger partial charge in [0.2, 0.25) is 0 Å². The highest BCUT2D eigenvalue weighted by Crippen LogP contribution is 1.99. The Kier molecular flexibility index (Phi) is 11.9. The first kappa shape index (κ1) is 17.7. The standard InChI is InChI=1S/C8H16.C8H14/c2*1-7(2)5-6-8(3)4/h5-8H,1-4H3;7-8H,1-4H3/b6-5+;. The lowest BCUT2D eigenvalue weighted by Crippen LogP contribution is -1.82. The molecule has 0 amide bonds. The van der Waals surface area contributed by atoms with E-state index in [1.54, 1.807) is 0 Å². The maximum absolute atomic E-state index is 3.09. The number of allylic oxidation sites excluding steroid dienone is 2. The molecule has 0 spiro atoms. The Bertz CT molecular complexity index is 196. The van der Waals surface area contributed by atoms with Gasteiger partial charge in [0.1, 0.15) is 0 Å². The fraction of sp³-hybridized carbons (Fsp3) is 0.750. The lowest BCUT2D eigenvalue weighted by Gasteiger charge is -1.95. The molecule has 0 radical (unpaired) electrons. The van der Waals surface area contributed by atoms with Crippen LogP contribution in [0.3, 0.4) is 0 Å². The van der Waals surface area contributed by atoms with Gasteiger partial charge in [0.05, 0.1) is 0 Å². The summed E-state index contributed by atoms with van der Waals surface area (Å²) in [5.41, 5.74) is 0. The largest absolute Gasteiger partial charge is 0.100 e. The molecule has 0 bridgehead atoms. The molecule has 0 N–H and O–H groups in total. The normalized spacial score (nSPS) is 10.8. The molecule has 0 unspecified atom stereocenters. The van der Waals surface area contributed by atoms with Crippen molar-refractivity contribution in [2.45, 2.75) is 55.4 Å². The second kappa shape index (κ2) is 10.8. The average molecular weight is 222 g/mol. The summed E-state index contributed by atoms with van der Waals surface area (Å²) in [7, 11) is 0. The molecule has 16 heavy (non-hydrogen) atoms. The van der Waals surface area contributed by atoms with E-state index in [0.717, 1.165) is 0 Å². The van der Waals surface area contributed by atoms with Crippen LogP contribution in [0.1, 0.15) is 55.4 Å². The second-order valence-corrected chi connectivity index (χ2v) is 5.47. The molecule has 0 saturated heterocycles. The van der Waals surface area contributed by atoms with Crippen LogP contribution >= 0.6 is 0 Å².